The predicted molar refractivity (Wildman–Crippen MR) is 75.4 cm³/mol. The van der Waals surface area contributed by atoms with Gasteiger partial charge in [-0.25, -0.2) is 14.3 Å². The Hall–Kier alpha value is -2.68. The molecule has 110 valence electrons. The highest BCUT2D eigenvalue weighted by Crippen LogP contribution is 2.15. The molecule has 0 spiro atoms. The Morgan fingerprint density at radius 1 is 1.43 bits per heavy atom. The maximum Gasteiger partial charge on any atom is 0.350 e. The van der Waals surface area contributed by atoms with Crippen molar-refractivity contribution in [3.05, 3.63) is 60.0 Å². The molecule has 10 heteroatoms. The number of nitrogens with zero attached hydrogens (tertiary/aromatic N) is 4. The Morgan fingerprint density at radius 3 is 2.71 bits per heavy atom. The molecule has 2 heterocycles. The maximum absolute atomic E-state index is 12.0. The first-order valence-corrected chi connectivity index (χ1v) is 6.05. The standard InChI is InChI=1S/C11H10ClN5O4/c1-15-5-8(17(20)21)10(18)16(11(15)19)4-7-6(12)2-3-9(13)14-7/h2-3,5H,4H2,1H3,(H2,13,14). The van der Waals surface area contributed by atoms with Gasteiger partial charge in [0.05, 0.1) is 28.4 Å². The second-order valence-electron chi connectivity index (χ2n) is 4.22. The molecule has 0 atom stereocenters. The van der Waals surface area contributed by atoms with Crippen molar-refractivity contribution in [2.24, 2.45) is 7.05 Å². The number of nitrogen functional groups attached to an aromatic ring is 1. The highest BCUT2D eigenvalue weighted by Gasteiger charge is 2.19. The topological polar surface area (TPSA) is 126 Å². The fraction of sp³-hybridized carbons (Fsp3) is 0.182. The first kappa shape index (κ1) is 14.7. The number of nitro groups is 1. The van der Waals surface area contributed by atoms with Gasteiger partial charge < -0.3 is 5.73 Å². The van der Waals surface area contributed by atoms with Gasteiger partial charge >= 0.3 is 16.9 Å². The molecule has 0 saturated heterocycles. The second-order valence-corrected chi connectivity index (χ2v) is 4.63. The van der Waals surface area contributed by atoms with E-state index < -0.39 is 21.9 Å². The van der Waals surface area contributed by atoms with Crippen molar-refractivity contribution in [1.82, 2.24) is 14.1 Å². The van der Waals surface area contributed by atoms with Gasteiger partial charge in [-0.15, -0.1) is 0 Å². The summed E-state index contributed by atoms with van der Waals surface area (Å²) in [5.41, 5.74) is 3.24. The Kier molecular flexibility index (Phi) is 3.76. The summed E-state index contributed by atoms with van der Waals surface area (Å²) in [7, 11) is 1.31. The van der Waals surface area contributed by atoms with E-state index in [1.807, 2.05) is 0 Å². The monoisotopic (exact) mass is 311 g/mol. The average molecular weight is 312 g/mol. The predicted octanol–water partition coefficient (Wildman–Crippen LogP) is 0.134. The van der Waals surface area contributed by atoms with Crippen molar-refractivity contribution in [3.63, 3.8) is 0 Å². The molecular weight excluding hydrogens is 302 g/mol. The smallest absolute Gasteiger partial charge is 0.350 e. The van der Waals surface area contributed by atoms with E-state index in [1.165, 1.54) is 19.2 Å². The van der Waals surface area contributed by atoms with Gasteiger partial charge in [0.25, 0.3) is 0 Å². The van der Waals surface area contributed by atoms with Gasteiger partial charge in [-0.2, -0.15) is 0 Å². The zero-order valence-electron chi connectivity index (χ0n) is 10.8. The number of halogens is 1. The van der Waals surface area contributed by atoms with Crippen molar-refractivity contribution in [2.75, 3.05) is 5.73 Å². The largest absolute Gasteiger partial charge is 0.384 e. The molecule has 0 aliphatic rings. The Balaban J connectivity index is 2.64. The van der Waals surface area contributed by atoms with Gasteiger partial charge in [-0.05, 0) is 12.1 Å². The van der Waals surface area contributed by atoms with Gasteiger partial charge in [0.15, 0.2) is 0 Å². The summed E-state index contributed by atoms with van der Waals surface area (Å²) < 4.78 is 1.63. The number of hydrogen-bond donors (Lipinski definition) is 1. The lowest BCUT2D eigenvalue weighted by atomic mass is 10.3. The summed E-state index contributed by atoms with van der Waals surface area (Å²) in [6.45, 7) is -0.308. The molecular formula is C11H10ClN5O4. The van der Waals surface area contributed by atoms with Crippen LogP contribution in [0.15, 0.2) is 27.9 Å². The third-order valence-corrected chi connectivity index (χ3v) is 3.10. The summed E-state index contributed by atoms with van der Waals surface area (Å²) in [6, 6.07) is 2.92. The molecule has 0 saturated carbocycles. The fourth-order valence-corrected chi connectivity index (χ4v) is 1.90. The van der Waals surface area contributed by atoms with Crippen molar-refractivity contribution in [3.8, 4) is 0 Å². The number of anilines is 1. The molecule has 2 aromatic heterocycles. The van der Waals surface area contributed by atoms with Crippen LogP contribution in [0.1, 0.15) is 5.69 Å². The summed E-state index contributed by atoms with van der Waals surface area (Å²) in [5, 5.41) is 11.0. The SMILES string of the molecule is Cn1cc([N+](=O)[O-])c(=O)n(Cc2nc(N)ccc2Cl)c1=O. The van der Waals surface area contributed by atoms with Crippen LogP contribution in [0.25, 0.3) is 0 Å². The number of rotatable bonds is 3. The quantitative estimate of drug-likeness (QED) is 0.634. The van der Waals surface area contributed by atoms with E-state index in [0.29, 0.717) is 4.57 Å². The van der Waals surface area contributed by atoms with Crippen molar-refractivity contribution in [2.45, 2.75) is 6.54 Å². The average Bonchev–Trinajstić information content (AvgIpc) is 2.42. The van der Waals surface area contributed by atoms with Crippen LogP contribution in [-0.2, 0) is 13.6 Å². The zero-order valence-corrected chi connectivity index (χ0v) is 11.6. The highest BCUT2D eigenvalue weighted by molar-refractivity contribution is 6.31. The van der Waals surface area contributed by atoms with E-state index >= 15 is 0 Å². The fourth-order valence-electron chi connectivity index (χ4n) is 1.74. The van der Waals surface area contributed by atoms with Gasteiger partial charge in [-0.3, -0.25) is 19.5 Å². The van der Waals surface area contributed by atoms with Crippen LogP contribution in [0.2, 0.25) is 5.02 Å². The normalized spacial score (nSPS) is 10.6. The summed E-state index contributed by atoms with van der Waals surface area (Å²) >= 11 is 5.92. The molecule has 2 N–H and O–H groups in total. The third kappa shape index (κ3) is 2.77. The van der Waals surface area contributed by atoms with Crippen LogP contribution in [0.3, 0.4) is 0 Å². The Morgan fingerprint density at radius 2 is 2.10 bits per heavy atom. The molecule has 0 bridgehead atoms. The summed E-state index contributed by atoms with van der Waals surface area (Å²) in [5.74, 6) is 0.157. The van der Waals surface area contributed by atoms with E-state index in [1.54, 1.807) is 0 Å². The van der Waals surface area contributed by atoms with Crippen LogP contribution in [-0.4, -0.2) is 19.0 Å². The molecule has 21 heavy (non-hydrogen) atoms. The van der Waals surface area contributed by atoms with Crippen molar-refractivity contribution < 1.29 is 4.92 Å². The third-order valence-electron chi connectivity index (χ3n) is 2.76. The van der Waals surface area contributed by atoms with E-state index in [-0.39, 0.29) is 23.1 Å². The zero-order chi connectivity index (χ0) is 15.7. The van der Waals surface area contributed by atoms with Gasteiger partial charge in [0.2, 0.25) is 0 Å². The molecule has 0 fully saturated rings. The highest BCUT2D eigenvalue weighted by atomic mass is 35.5. The number of aryl methyl sites for hydroxylation is 1. The summed E-state index contributed by atoms with van der Waals surface area (Å²) in [6.07, 6.45) is 0.871. The minimum atomic E-state index is -1.02. The van der Waals surface area contributed by atoms with Gasteiger partial charge in [-0.1, -0.05) is 11.6 Å². The van der Waals surface area contributed by atoms with Crippen molar-refractivity contribution >= 4 is 23.1 Å². The first-order valence-electron chi connectivity index (χ1n) is 5.67. The van der Waals surface area contributed by atoms with Crippen LogP contribution in [0.4, 0.5) is 11.5 Å². The van der Waals surface area contributed by atoms with E-state index in [0.717, 1.165) is 10.8 Å². The lowest BCUT2D eigenvalue weighted by Crippen LogP contribution is -2.40. The summed E-state index contributed by atoms with van der Waals surface area (Å²) in [4.78, 5) is 37.9. The number of aromatic nitrogens is 3. The van der Waals surface area contributed by atoms with E-state index in [2.05, 4.69) is 4.98 Å². The van der Waals surface area contributed by atoms with Crippen LogP contribution in [0, 0.1) is 10.1 Å². The maximum atomic E-state index is 12.0. The molecule has 9 nitrogen and oxygen atoms in total. The molecule has 0 aliphatic carbocycles. The minimum Gasteiger partial charge on any atom is -0.384 e. The number of pyridine rings is 1. The number of nitrogens with two attached hydrogens (primary N) is 1. The van der Waals surface area contributed by atoms with Crippen LogP contribution in [0.5, 0.6) is 0 Å². The minimum absolute atomic E-state index is 0.157. The first-order chi connectivity index (χ1) is 9.81. The molecule has 2 rings (SSSR count). The Labute approximate surface area is 122 Å². The molecule has 0 aromatic carbocycles. The second kappa shape index (κ2) is 5.37. The van der Waals surface area contributed by atoms with E-state index in [4.69, 9.17) is 17.3 Å². The number of hydrogen-bond acceptors (Lipinski definition) is 6. The molecule has 0 radical (unpaired) electrons. The van der Waals surface area contributed by atoms with Gasteiger partial charge in [0.1, 0.15) is 5.82 Å². The van der Waals surface area contributed by atoms with E-state index in [9.17, 15) is 19.7 Å². The molecule has 0 amide bonds. The molecule has 0 unspecified atom stereocenters. The lowest BCUT2D eigenvalue weighted by molar-refractivity contribution is -0.387. The van der Waals surface area contributed by atoms with Crippen LogP contribution < -0.4 is 17.0 Å². The molecule has 2 aromatic rings. The Bertz CT molecular complexity index is 841. The van der Waals surface area contributed by atoms with Crippen LogP contribution >= 0.6 is 11.6 Å². The van der Waals surface area contributed by atoms with Gasteiger partial charge in [0, 0.05) is 7.05 Å². The molecule has 0 aliphatic heterocycles. The lowest BCUT2D eigenvalue weighted by Gasteiger charge is -2.08. The van der Waals surface area contributed by atoms with Crippen molar-refractivity contribution in [1.29, 1.82) is 0 Å².